The van der Waals surface area contributed by atoms with E-state index in [1.54, 1.807) is 0 Å². The van der Waals surface area contributed by atoms with Crippen molar-refractivity contribution in [1.29, 1.82) is 0 Å². The molecule has 0 aliphatic rings. The standard InChI is InChI=1S/2C11H20Br2N2O2Si.C9H15Br3N2OSi.C6H7BrN2O2.C3HBr3N2/c2*1-5-17-11-14-9(12)10(13)15(11)8-16-6-7-18(2,3)4;1-16(2,3)5-4-15-6-14-8(11)7(10)13-9(14)12;1-2-11-6-8-4(3-10)5(7)9-6;4-1-2(5)8-3(6)7-1/h2*5-8H2,1-4H3;4-6H2,1-3H3;3H,2H2,1H3,(H,8,9);(H,7,8). The molecule has 0 atom stereocenters. The van der Waals surface area contributed by atoms with Crippen LogP contribution in [0.1, 0.15) is 31.3 Å². The summed E-state index contributed by atoms with van der Waals surface area (Å²) in [7, 11) is -3.07. The molecule has 0 fully saturated rings. The van der Waals surface area contributed by atoms with E-state index in [1.807, 2.05) is 34.5 Å². The number of hydrogen-bond acceptors (Lipinski definition) is 12. The van der Waals surface area contributed by atoms with E-state index in [9.17, 15) is 4.79 Å². The summed E-state index contributed by atoms with van der Waals surface area (Å²) in [5.41, 5.74) is 0.327. The van der Waals surface area contributed by atoms with E-state index in [0.717, 1.165) is 78.2 Å². The van der Waals surface area contributed by atoms with Crippen molar-refractivity contribution in [2.24, 2.45) is 0 Å². The Morgan fingerprint density at radius 3 is 1.14 bits per heavy atom. The van der Waals surface area contributed by atoms with E-state index in [-0.39, 0.29) is 0 Å². The lowest BCUT2D eigenvalue weighted by Crippen LogP contribution is -2.22. The number of nitrogens with zero attached hydrogens (tertiary/aromatic N) is 8. The summed E-state index contributed by atoms with van der Waals surface area (Å²) in [6.45, 7) is 32.3. The van der Waals surface area contributed by atoms with Gasteiger partial charge in [0.25, 0.3) is 18.0 Å². The molecule has 404 valence electrons. The first-order chi connectivity index (χ1) is 33.0. The Bertz CT molecular complexity index is 2240. The van der Waals surface area contributed by atoms with Crippen LogP contribution in [0.4, 0.5) is 0 Å². The second-order valence-corrected chi connectivity index (χ2v) is 43.2. The number of rotatable bonds is 22. The van der Waals surface area contributed by atoms with E-state index < -0.39 is 24.2 Å². The number of imidazole rings is 5. The van der Waals surface area contributed by atoms with Crippen LogP contribution in [-0.2, 0) is 34.4 Å². The average Bonchev–Trinajstić information content (AvgIpc) is 4.00. The van der Waals surface area contributed by atoms with Gasteiger partial charge in [0.15, 0.2) is 15.8 Å². The van der Waals surface area contributed by atoms with Crippen LogP contribution in [0.2, 0.25) is 77.1 Å². The molecule has 0 unspecified atom stereocenters. The maximum absolute atomic E-state index is 10.3. The first kappa shape index (κ1) is 69.9. The number of aromatic amines is 2. The summed E-state index contributed by atoms with van der Waals surface area (Å²) in [6.07, 6.45) is 0.656. The molecule has 0 bridgehead atoms. The van der Waals surface area contributed by atoms with Gasteiger partial charge in [-0.05, 0) is 214 Å². The van der Waals surface area contributed by atoms with Crippen LogP contribution >= 0.6 is 175 Å². The smallest absolute Gasteiger partial charge is 0.300 e. The number of halogens is 11. The maximum Gasteiger partial charge on any atom is 0.300 e. The lowest BCUT2D eigenvalue weighted by atomic mass is 10.6. The molecule has 71 heavy (non-hydrogen) atoms. The fraction of sp³-hybridized carbons (Fsp3) is 0.600. The van der Waals surface area contributed by atoms with E-state index in [1.165, 1.54) is 6.04 Å². The molecule has 0 aliphatic heterocycles. The second kappa shape index (κ2) is 35.4. The first-order valence-corrected chi connectivity index (χ1v) is 41.6. The first-order valence-electron chi connectivity index (χ1n) is 21.8. The molecular weight excluding hydrogens is 1700 g/mol. The summed E-state index contributed by atoms with van der Waals surface area (Å²) < 4.78 is 47.2. The summed E-state index contributed by atoms with van der Waals surface area (Å²) >= 11 is 36.5. The molecule has 5 rings (SSSR count). The number of hydrogen-bond donors (Lipinski definition) is 2. The highest BCUT2D eigenvalue weighted by Gasteiger charge is 2.19. The molecule has 0 saturated heterocycles. The molecule has 2 N–H and O–H groups in total. The van der Waals surface area contributed by atoms with Gasteiger partial charge in [0.1, 0.15) is 67.3 Å². The van der Waals surface area contributed by atoms with E-state index in [2.05, 4.69) is 269 Å². The highest BCUT2D eigenvalue weighted by atomic mass is 79.9. The SMILES string of the molecule is Brc1nc(Br)c(Br)[nH]1.CCOc1nc(Br)c(Br)n1COCC[Si](C)(C)C.CCOc1nc(Br)c(Br)n1COCC[Si](C)(C)C.CCOc1nc(C=O)c(Br)[nH]1.C[Si](C)(C)CCOCn1c(Br)nc(Br)c1Br. The molecule has 0 radical (unpaired) electrons. The Kier molecular flexibility index (Phi) is 34.9. The van der Waals surface area contributed by atoms with Gasteiger partial charge >= 0.3 is 0 Å². The number of aromatic nitrogens is 10. The molecule has 5 aromatic rings. The van der Waals surface area contributed by atoms with Crippen molar-refractivity contribution < 1.29 is 33.2 Å². The summed E-state index contributed by atoms with van der Waals surface area (Å²) in [4.78, 5) is 36.4. The zero-order chi connectivity index (χ0) is 54.3. The van der Waals surface area contributed by atoms with Crippen LogP contribution in [0.5, 0.6) is 18.0 Å². The Morgan fingerprint density at radius 2 is 0.859 bits per heavy atom. The lowest BCUT2D eigenvalue weighted by molar-refractivity contribution is 0.0776. The minimum atomic E-state index is -1.03. The van der Waals surface area contributed by atoms with Gasteiger partial charge in [-0.3, -0.25) is 18.5 Å². The van der Waals surface area contributed by atoms with Crippen LogP contribution < -0.4 is 14.2 Å². The molecule has 0 spiro atoms. The van der Waals surface area contributed by atoms with Crippen molar-refractivity contribution in [3.05, 3.63) is 56.6 Å². The zero-order valence-electron chi connectivity index (χ0n) is 41.7. The molecule has 5 aromatic heterocycles. The third-order valence-corrected chi connectivity index (χ3v) is 22.4. The third-order valence-electron chi connectivity index (χ3n) is 8.33. The van der Waals surface area contributed by atoms with Crippen LogP contribution in [0.15, 0.2) is 50.9 Å². The summed E-state index contributed by atoms with van der Waals surface area (Å²) in [5.74, 6) is 0. The second-order valence-electron chi connectivity index (χ2n) is 18.0. The number of nitrogens with one attached hydrogen (secondary N) is 2. The maximum atomic E-state index is 10.3. The van der Waals surface area contributed by atoms with Gasteiger partial charge < -0.3 is 38.4 Å². The van der Waals surface area contributed by atoms with Crippen molar-refractivity contribution in [1.82, 2.24) is 48.6 Å². The van der Waals surface area contributed by atoms with Gasteiger partial charge in [-0.1, -0.05) is 58.9 Å². The summed E-state index contributed by atoms with van der Waals surface area (Å²) in [6, 6.07) is 5.00. The van der Waals surface area contributed by atoms with Gasteiger partial charge in [-0.15, -0.1) is 0 Å². The zero-order valence-corrected chi connectivity index (χ0v) is 62.1. The van der Waals surface area contributed by atoms with Gasteiger partial charge in [0, 0.05) is 44.0 Å². The highest BCUT2D eigenvalue weighted by Crippen LogP contribution is 2.30. The van der Waals surface area contributed by atoms with Gasteiger partial charge in [0.05, 0.1) is 19.8 Å². The molecule has 0 aliphatic carbocycles. The van der Waals surface area contributed by atoms with Gasteiger partial charge in [0.2, 0.25) is 0 Å². The predicted octanol–water partition coefficient (Wildman–Crippen LogP) is 16.8. The molecular formula is C40H63Br11N10O7Si3. The number of H-pyrrole nitrogens is 2. The van der Waals surface area contributed by atoms with Crippen LogP contribution in [-0.4, -0.2) is 119 Å². The minimum Gasteiger partial charge on any atom is -0.465 e. The van der Waals surface area contributed by atoms with Crippen LogP contribution in [0, 0.1) is 0 Å². The molecule has 17 nitrogen and oxygen atoms in total. The minimum absolute atomic E-state index is 0.327. The van der Waals surface area contributed by atoms with E-state index in [4.69, 9.17) is 28.4 Å². The van der Waals surface area contributed by atoms with Crippen LogP contribution in [0.25, 0.3) is 0 Å². The average molecular weight is 1760 g/mol. The molecule has 0 amide bonds. The van der Waals surface area contributed by atoms with E-state index in [0.29, 0.717) is 74.6 Å². The highest BCUT2D eigenvalue weighted by molar-refractivity contribution is 9.14. The Morgan fingerprint density at radius 1 is 0.479 bits per heavy atom. The molecule has 0 aromatic carbocycles. The number of carbonyl (C=O) groups excluding carboxylic acids is 1. The summed E-state index contributed by atoms with van der Waals surface area (Å²) in [5, 5.41) is 0. The third kappa shape index (κ3) is 28.9. The number of ether oxygens (including phenoxy) is 6. The molecule has 5 heterocycles. The van der Waals surface area contributed by atoms with Crippen molar-refractivity contribution in [2.75, 3.05) is 39.6 Å². The normalized spacial score (nSPS) is 11.4. The molecule has 31 heteroatoms. The topological polar surface area (TPSA) is 183 Å². The Balaban J connectivity index is 0.000000455. The van der Waals surface area contributed by atoms with Crippen molar-refractivity contribution in [3.63, 3.8) is 0 Å². The quantitative estimate of drug-likeness (QED) is 0.0380. The number of carbonyl (C=O) groups is 1. The number of aldehydes is 1. The van der Waals surface area contributed by atoms with Crippen molar-refractivity contribution >= 4 is 206 Å². The van der Waals surface area contributed by atoms with Crippen LogP contribution in [0.3, 0.4) is 0 Å². The van der Waals surface area contributed by atoms with E-state index >= 15 is 0 Å². The molecule has 0 saturated carbocycles. The Labute approximate surface area is 513 Å². The predicted molar refractivity (Wildman–Crippen MR) is 330 cm³/mol. The monoisotopic (exact) mass is 1750 g/mol. The van der Waals surface area contributed by atoms with Crippen molar-refractivity contribution in [2.45, 2.75) is 118 Å². The fourth-order valence-corrected chi connectivity index (χ4v) is 11.6. The lowest BCUT2D eigenvalue weighted by Gasteiger charge is -2.16. The Hall–Kier alpha value is 0.931. The largest absolute Gasteiger partial charge is 0.465 e. The van der Waals surface area contributed by atoms with Crippen molar-refractivity contribution in [3.8, 4) is 18.0 Å². The van der Waals surface area contributed by atoms with Gasteiger partial charge in [-0.2, -0.15) is 15.0 Å². The van der Waals surface area contributed by atoms with Gasteiger partial charge in [-0.25, -0.2) is 9.97 Å². The fourth-order valence-electron chi connectivity index (χ4n) is 4.50.